The Morgan fingerprint density at radius 2 is 2.10 bits per heavy atom. The zero-order valence-electron chi connectivity index (χ0n) is 5.66. The second-order valence-electron chi connectivity index (χ2n) is 2.20. The van der Waals surface area contributed by atoms with Crippen LogP contribution in [-0.2, 0) is 14.3 Å². The van der Waals surface area contributed by atoms with Crippen molar-refractivity contribution in [2.75, 3.05) is 0 Å². The van der Waals surface area contributed by atoms with Crippen LogP contribution in [0.15, 0.2) is 0 Å². The molecular formula is C6H9NO3. The number of ketones is 1. The fourth-order valence-corrected chi connectivity index (χ4v) is 0.775. The first-order valence-corrected chi connectivity index (χ1v) is 3.14. The summed E-state index contributed by atoms with van der Waals surface area (Å²) in [5, 5.41) is 0. The smallest absolute Gasteiger partial charge is 0.249 e. The molecule has 2 N–H and O–H groups in total. The molecular weight excluding hydrogens is 134 g/mol. The average molecular weight is 143 g/mol. The van der Waals surface area contributed by atoms with E-state index in [9.17, 15) is 9.59 Å². The number of hydrogen-bond acceptors (Lipinski definition) is 3. The molecule has 4 nitrogen and oxygen atoms in total. The van der Waals surface area contributed by atoms with E-state index in [1.54, 1.807) is 6.92 Å². The summed E-state index contributed by atoms with van der Waals surface area (Å²) < 4.78 is 4.71. The number of amides is 1. The third-order valence-electron chi connectivity index (χ3n) is 1.44. The first-order valence-electron chi connectivity index (χ1n) is 3.14. The normalized spacial score (nSPS) is 29.7. The number of carbonyl (C=O) groups is 2. The molecule has 56 valence electrons. The molecule has 0 aromatic heterocycles. The summed E-state index contributed by atoms with van der Waals surface area (Å²) in [5.41, 5.74) is 4.86. The molecule has 0 aromatic carbocycles. The molecule has 1 amide bonds. The van der Waals surface area contributed by atoms with E-state index in [0.29, 0.717) is 6.42 Å². The highest BCUT2D eigenvalue weighted by atomic mass is 16.6. The zero-order valence-corrected chi connectivity index (χ0v) is 5.66. The Morgan fingerprint density at radius 1 is 1.50 bits per heavy atom. The summed E-state index contributed by atoms with van der Waals surface area (Å²) in [5.74, 6) is -0.601. The Morgan fingerprint density at radius 3 is 2.40 bits per heavy atom. The summed E-state index contributed by atoms with van der Waals surface area (Å²) >= 11 is 0. The van der Waals surface area contributed by atoms with Crippen LogP contribution in [0.2, 0.25) is 0 Å². The standard InChI is InChI=1S/C6H9NO3/c1-2-3(8)4-5(10-4)6(7)9/h4-5H,2H2,1H3,(H2,7,9)/t4-,5-/m1/s1. The Balaban J connectivity index is 2.38. The van der Waals surface area contributed by atoms with Crippen LogP contribution >= 0.6 is 0 Å². The van der Waals surface area contributed by atoms with Crippen LogP contribution in [-0.4, -0.2) is 23.9 Å². The van der Waals surface area contributed by atoms with E-state index in [0.717, 1.165) is 0 Å². The van der Waals surface area contributed by atoms with E-state index in [4.69, 9.17) is 10.5 Å². The van der Waals surface area contributed by atoms with Crippen molar-refractivity contribution in [3.05, 3.63) is 0 Å². The van der Waals surface area contributed by atoms with Gasteiger partial charge in [0, 0.05) is 6.42 Å². The molecule has 1 rings (SSSR count). The van der Waals surface area contributed by atoms with Crippen LogP contribution in [0.5, 0.6) is 0 Å². The van der Waals surface area contributed by atoms with E-state index in [-0.39, 0.29) is 5.78 Å². The van der Waals surface area contributed by atoms with Crippen LogP contribution in [0.25, 0.3) is 0 Å². The fraction of sp³-hybridized carbons (Fsp3) is 0.667. The van der Waals surface area contributed by atoms with Crippen molar-refractivity contribution < 1.29 is 14.3 Å². The Hall–Kier alpha value is -0.900. The molecule has 0 spiro atoms. The molecule has 0 unspecified atom stereocenters. The van der Waals surface area contributed by atoms with Gasteiger partial charge < -0.3 is 10.5 Å². The van der Waals surface area contributed by atoms with Gasteiger partial charge in [-0.05, 0) is 0 Å². The predicted octanol–water partition coefficient (Wildman–Crippen LogP) is -0.782. The van der Waals surface area contributed by atoms with Gasteiger partial charge in [-0.25, -0.2) is 0 Å². The monoisotopic (exact) mass is 143 g/mol. The summed E-state index contributed by atoms with van der Waals surface area (Å²) in [6, 6.07) is 0. The maximum Gasteiger partial charge on any atom is 0.249 e. The molecule has 0 saturated carbocycles. The molecule has 0 bridgehead atoms. The number of epoxide rings is 1. The molecule has 10 heavy (non-hydrogen) atoms. The number of nitrogens with two attached hydrogens (primary N) is 1. The average Bonchev–Trinajstić information content (AvgIpc) is 2.64. The van der Waals surface area contributed by atoms with E-state index < -0.39 is 18.1 Å². The van der Waals surface area contributed by atoms with Crippen LogP contribution in [0.4, 0.5) is 0 Å². The summed E-state index contributed by atoms with van der Waals surface area (Å²) in [4.78, 5) is 21.1. The van der Waals surface area contributed by atoms with Crippen molar-refractivity contribution in [3.8, 4) is 0 Å². The lowest BCUT2D eigenvalue weighted by Gasteiger charge is -1.85. The first-order chi connectivity index (χ1) is 4.66. The lowest BCUT2D eigenvalue weighted by atomic mass is 10.2. The maximum atomic E-state index is 10.8. The van der Waals surface area contributed by atoms with Crippen molar-refractivity contribution in [1.29, 1.82) is 0 Å². The summed E-state index contributed by atoms with van der Waals surface area (Å²) in [6.07, 6.45) is -0.788. The largest absolute Gasteiger partial charge is 0.367 e. The lowest BCUT2D eigenvalue weighted by Crippen LogP contribution is -2.22. The topological polar surface area (TPSA) is 72.7 Å². The Bertz CT molecular complexity index is 178. The highest BCUT2D eigenvalue weighted by Crippen LogP contribution is 2.23. The second kappa shape index (κ2) is 2.38. The number of primary amides is 1. The number of carbonyl (C=O) groups excluding carboxylic acids is 2. The lowest BCUT2D eigenvalue weighted by molar-refractivity contribution is -0.121. The van der Waals surface area contributed by atoms with Gasteiger partial charge in [-0.3, -0.25) is 9.59 Å². The van der Waals surface area contributed by atoms with Gasteiger partial charge in [0.25, 0.3) is 0 Å². The highest BCUT2D eigenvalue weighted by molar-refractivity contribution is 5.95. The van der Waals surface area contributed by atoms with Crippen molar-refractivity contribution in [2.45, 2.75) is 25.6 Å². The molecule has 1 fully saturated rings. The molecule has 1 aliphatic rings. The molecule has 1 heterocycles. The van der Waals surface area contributed by atoms with Gasteiger partial charge in [0.15, 0.2) is 18.0 Å². The SMILES string of the molecule is CCC(=O)[C@H]1O[C@H]1C(N)=O. The third-order valence-corrected chi connectivity index (χ3v) is 1.44. The minimum absolute atomic E-state index is 0.0520. The van der Waals surface area contributed by atoms with Gasteiger partial charge in [-0.15, -0.1) is 0 Å². The first kappa shape index (κ1) is 7.21. The molecule has 0 aliphatic carbocycles. The molecule has 1 saturated heterocycles. The van der Waals surface area contributed by atoms with Crippen molar-refractivity contribution >= 4 is 11.7 Å². The zero-order chi connectivity index (χ0) is 7.72. The van der Waals surface area contributed by atoms with E-state index in [2.05, 4.69) is 0 Å². The Kier molecular flexibility index (Phi) is 1.72. The Labute approximate surface area is 58.3 Å². The maximum absolute atomic E-state index is 10.8. The summed E-state index contributed by atoms with van der Waals surface area (Å²) in [7, 11) is 0. The molecule has 0 aromatic rings. The minimum Gasteiger partial charge on any atom is -0.367 e. The minimum atomic E-state index is -0.646. The van der Waals surface area contributed by atoms with Crippen LogP contribution in [0, 0.1) is 0 Å². The van der Waals surface area contributed by atoms with Gasteiger partial charge in [0.05, 0.1) is 0 Å². The van der Waals surface area contributed by atoms with Gasteiger partial charge in [-0.1, -0.05) is 6.92 Å². The quantitative estimate of drug-likeness (QED) is 0.526. The van der Waals surface area contributed by atoms with Gasteiger partial charge in [-0.2, -0.15) is 0 Å². The molecule has 0 radical (unpaired) electrons. The number of Topliss-reactive ketones (excluding diaryl/α,β-unsaturated/α-hetero) is 1. The van der Waals surface area contributed by atoms with Gasteiger partial charge >= 0.3 is 0 Å². The van der Waals surface area contributed by atoms with E-state index in [1.165, 1.54) is 0 Å². The van der Waals surface area contributed by atoms with Gasteiger partial charge in [0.1, 0.15) is 0 Å². The van der Waals surface area contributed by atoms with Gasteiger partial charge in [0.2, 0.25) is 5.91 Å². The van der Waals surface area contributed by atoms with Crippen molar-refractivity contribution in [2.24, 2.45) is 5.73 Å². The number of rotatable bonds is 3. The van der Waals surface area contributed by atoms with Crippen molar-refractivity contribution in [1.82, 2.24) is 0 Å². The van der Waals surface area contributed by atoms with E-state index in [1.807, 2.05) is 0 Å². The van der Waals surface area contributed by atoms with Crippen LogP contribution in [0.1, 0.15) is 13.3 Å². The van der Waals surface area contributed by atoms with Crippen LogP contribution < -0.4 is 5.73 Å². The van der Waals surface area contributed by atoms with Crippen LogP contribution in [0.3, 0.4) is 0 Å². The molecule has 2 atom stereocenters. The number of hydrogen-bond donors (Lipinski definition) is 1. The molecule has 1 aliphatic heterocycles. The third kappa shape index (κ3) is 1.16. The van der Waals surface area contributed by atoms with Crippen molar-refractivity contribution in [3.63, 3.8) is 0 Å². The fourth-order valence-electron chi connectivity index (χ4n) is 0.775. The molecule has 4 heteroatoms. The predicted molar refractivity (Wildman–Crippen MR) is 33.2 cm³/mol. The summed E-state index contributed by atoms with van der Waals surface area (Å²) in [6.45, 7) is 1.72. The second-order valence-corrected chi connectivity index (χ2v) is 2.20. The highest BCUT2D eigenvalue weighted by Gasteiger charge is 2.47. The van der Waals surface area contributed by atoms with E-state index >= 15 is 0 Å². The number of ether oxygens (including phenoxy) is 1.